The molecule has 1 aliphatic carbocycles. The highest BCUT2D eigenvalue weighted by atomic mass is 16.2. The molecule has 21 heavy (non-hydrogen) atoms. The second kappa shape index (κ2) is 7.38. The molecule has 0 bridgehead atoms. The molecular formula is C16H26N4O. The smallest absolute Gasteiger partial charge is 0.274 e. The van der Waals surface area contributed by atoms with Gasteiger partial charge < -0.3 is 10.2 Å². The Labute approximate surface area is 127 Å². The van der Waals surface area contributed by atoms with E-state index in [2.05, 4.69) is 36.1 Å². The van der Waals surface area contributed by atoms with Crippen LogP contribution in [-0.4, -0.2) is 39.9 Å². The molecule has 2 rings (SSSR count). The number of rotatable bonds is 8. The number of carbonyl (C=O) groups is 1. The van der Waals surface area contributed by atoms with Crippen LogP contribution in [0.15, 0.2) is 12.4 Å². The van der Waals surface area contributed by atoms with E-state index in [9.17, 15) is 4.79 Å². The standard InChI is InChI=1S/C16H26N4O/c1-4-8-17-15-11-18-14(10-19-15)16(21)20(13-5-6-13)9-7-12(2)3/h10-13H,4-9H2,1-3H3,(H,17,19). The SMILES string of the molecule is CCCNc1cnc(C(=O)N(CCC(C)C)C2CC2)cn1. The van der Waals surface area contributed by atoms with Gasteiger partial charge in [-0.15, -0.1) is 0 Å². The van der Waals surface area contributed by atoms with E-state index in [1.807, 2.05) is 4.90 Å². The lowest BCUT2D eigenvalue weighted by atomic mass is 10.1. The summed E-state index contributed by atoms with van der Waals surface area (Å²) < 4.78 is 0. The minimum atomic E-state index is 0.0210. The number of aromatic nitrogens is 2. The largest absolute Gasteiger partial charge is 0.369 e. The molecule has 1 amide bonds. The van der Waals surface area contributed by atoms with Crippen LogP contribution in [0.4, 0.5) is 5.82 Å². The van der Waals surface area contributed by atoms with Crippen molar-refractivity contribution in [2.45, 2.75) is 52.5 Å². The lowest BCUT2D eigenvalue weighted by molar-refractivity contribution is 0.0729. The molecule has 1 fully saturated rings. The number of anilines is 1. The molecule has 116 valence electrons. The predicted octanol–water partition coefficient (Wildman–Crippen LogP) is 2.95. The second-order valence-electron chi connectivity index (χ2n) is 6.13. The van der Waals surface area contributed by atoms with Crippen LogP contribution in [0.1, 0.15) is 56.9 Å². The molecule has 1 aliphatic rings. The Balaban J connectivity index is 1.99. The summed E-state index contributed by atoms with van der Waals surface area (Å²) in [5.74, 6) is 1.35. The van der Waals surface area contributed by atoms with E-state index in [0.717, 1.165) is 44.6 Å². The second-order valence-corrected chi connectivity index (χ2v) is 6.13. The third kappa shape index (κ3) is 4.69. The maximum atomic E-state index is 12.6. The topological polar surface area (TPSA) is 58.1 Å². The number of nitrogens with zero attached hydrogens (tertiary/aromatic N) is 3. The van der Waals surface area contributed by atoms with Crippen LogP contribution in [0.3, 0.4) is 0 Å². The van der Waals surface area contributed by atoms with Crippen molar-refractivity contribution in [3.63, 3.8) is 0 Å². The fraction of sp³-hybridized carbons (Fsp3) is 0.688. The number of hydrogen-bond acceptors (Lipinski definition) is 4. The third-order valence-electron chi connectivity index (χ3n) is 3.62. The first kappa shape index (κ1) is 15.7. The number of nitrogens with one attached hydrogen (secondary N) is 1. The molecule has 1 heterocycles. The lowest BCUT2D eigenvalue weighted by Crippen LogP contribution is -2.35. The Morgan fingerprint density at radius 1 is 1.38 bits per heavy atom. The molecule has 0 radical (unpaired) electrons. The van der Waals surface area contributed by atoms with Gasteiger partial charge in [0.1, 0.15) is 11.5 Å². The van der Waals surface area contributed by atoms with Gasteiger partial charge in [0.2, 0.25) is 0 Å². The summed E-state index contributed by atoms with van der Waals surface area (Å²) in [6, 6.07) is 0.413. The molecule has 5 nitrogen and oxygen atoms in total. The van der Waals surface area contributed by atoms with Gasteiger partial charge in [-0.3, -0.25) is 4.79 Å². The molecule has 1 N–H and O–H groups in total. The average Bonchev–Trinajstić information content (AvgIpc) is 3.30. The highest BCUT2D eigenvalue weighted by Gasteiger charge is 2.33. The molecule has 1 aromatic heterocycles. The predicted molar refractivity (Wildman–Crippen MR) is 84.3 cm³/mol. The Morgan fingerprint density at radius 2 is 2.14 bits per heavy atom. The molecule has 5 heteroatoms. The van der Waals surface area contributed by atoms with Gasteiger partial charge in [-0.25, -0.2) is 9.97 Å². The highest BCUT2D eigenvalue weighted by molar-refractivity contribution is 5.92. The van der Waals surface area contributed by atoms with E-state index in [1.165, 1.54) is 0 Å². The number of carbonyl (C=O) groups excluding carboxylic acids is 1. The van der Waals surface area contributed by atoms with Crippen molar-refractivity contribution in [3.8, 4) is 0 Å². The maximum absolute atomic E-state index is 12.6. The number of amides is 1. The van der Waals surface area contributed by atoms with Crippen LogP contribution in [-0.2, 0) is 0 Å². The molecule has 1 saturated carbocycles. The van der Waals surface area contributed by atoms with Crippen molar-refractivity contribution >= 4 is 11.7 Å². The first-order valence-electron chi connectivity index (χ1n) is 7.98. The molecule has 0 unspecified atom stereocenters. The zero-order chi connectivity index (χ0) is 15.2. The summed E-state index contributed by atoms with van der Waals surface area (Å²) in [5.41, 5.74) is 0.452. The van der Waals surface area contributed by atoms with Crippen LogP contribution in [0.2, 0.25) is 0 Å². The molecule has 0 spiro atoms. The van der Waals surface area contributed by atoms with E-state index in [1.54, 1.807) is 12.4 Å². The summed E-state index contributed by atoms with van der Waals surface area (Å²) >= 11 is 0. The quantitative estimate of drug-likeness (QED) is 0.799. The van der Waals surface area contributed by atoms with Gasteiger partial charge in [-0.05, 0) is 31.6 Å². The Bertz CT molecular complexity index is 454. The molecule has 0 atom stereocenters. The van der Waals surface area contributed by atoms with Crippen molar-refractivity contribution in [1.29, 1.82) is 0 Å². The average molecular weight is 290 g/mol. The van der Waals surface area contributed by atoms with E-state index in [4.69, 9.17) is 0 Å². The first-order valence-corrected chi connectivity index (χ1v) is 7.98. The van der Waals surface area contributed by atoms with Crippen molar-refractivity contribution in [2.24, 2.45) is 5.92 Å². The zero-order valence-corrected chi connectivity index (χ0v) is 13.3. The zero-order valence-electron chi connectivity index (χ0n) is 13.3. The molecule has 0 aliphatic heterocycles. The van der Waals surface area contributed by atoms with E-state index < -0.39 is 0 Å². The Hall–Kier alpha value is -1.65. The van der Waals surface area contributed by atoms with Crippen LogP contribution >= 0.6 is 0 Å². The normalized spacial score (nSPS) is 14.3. The minimum absolute atomic E-state index is 0.0210. The lowest BCUT2D eigenvalue weighted by Gasteiger charge is -2.22. The van der Waals surface area contributed by atoms with Crippen LogP contribution in [0, 0.1) is 5.92 Å². The van der Waals surface area contributed by atoms with Gasteiger partial charge in [0.05, 0.1) is 12.4 Å². The summed E-state index contributed by atoms with van der Waals surface area (Å²) in [6.07, 6.45) is 7.54. The molecular weight excluding hydrogens is 264 g/mol. The van der Waals surface area contributed by atoms with Crippen molar-refractivity contribution in [1.82, 2.24) is 14.9 Å². The van der Waals surface area contributed by atoms with Gasteiger partial charge in [0.15, 0.2) is 0 Å². The van der Waals surface area contributed by atoms with Crippen LogP contribution in [0.25, 0.3) is 0 Å². The summed E-state index contributed by atoms with van der Waals surface area (Å²) in [7, 11) is 0. The van der Waals surface area contributed by atoms with Crippen LogP contribution < -0.4 is 5.32 Å². The summed E-state index contributed by atoms with van der Waals surface area (Å²) in [5, 5.41) is 3.17. The highest BCUT2D eigenvalue weighted by Crippen LogP contribution is 2.28. The van der Waals surface area contributed by atoms with Crippen molar-refractivity contribution in [3.05, 3.63) is 18.1 Å². The fourth-order valence-electron chi connectivity index (χ4n) is 2.16. The summed E-state index contributed by atoms with van der Waals surface area (Å²) in [6.45, 7) is 8.15. The molecule has 0 saturated heterocycles. The molecule has 0 aromatic carbocycles. The molecule has 1 aromatic rings. The van der Waals surface area contributed by atoms with Crippen molar-refractivity contribution < 1.29 is 4.79 Å². The maximum Gasteiger partial charge on any atom is 0.274 e. The van der Waals surface area contributed by atoms with Gasteiger partial charge in [-0.2, -0.15) is 0 Å². The third-order valence-corrected chi connectivity index (χ3v) is 3.62. The van der Waals surface area contributed by atoms with Crippen LogP contribution in [0.5, 0.6) is 0 Å². The summed E-state index contributed by atoms with van der Waals surface area (Å²) in [4.78, 5) is 23.1. The first-order chi connectivity index (χ1) is 10.1. The van der Waals surface area contributed by atoms with Gasteiger partial charge >= 0.3 is 0 Å². The van der Waals surface area contributed by atoms with Crippen molar-refractivity contribution in [2.75, 3.05) is 18.4 Å². The minimum Gasteiger partial charge on any atom is -0.369 e. The Morgan fingerprint density at radius 3 is 2.67 bits per heavy atom. The van der Waals surface area contributed by atoms with Gasteiger partial charge in [0, 0.05) is 19.1 Å². The van der Waals surface area contributed by atoms with E-state index in [-0.39, 0.29) is 5.91 Å². The Kier molecular flexibility index (Phi) is 5.53. The number of hydrogen-bond donors (Lipinski definition) is 1. The van der Waals surface area contributed by atoms with Gasteiger partial charge in [-0.1, -0.05) is 20.8 Å². The van der Waals surface area contributed by atoms with E-state index in [0.29, 0.717) is 17.7 Å². The monoisotopic (exact) mass is 290 g/mol. The fourth-order valence-corrected chi connectivity index (χ4v) is 2.16. The van der Waals surface area contributed by atoms with E-state index >= 15 is 0 Å². The van der Waals surface area contributed by atoms with Gasteiger partial charge in [0.25, 0.3) is 5.91 Å².